The number of pyridine rings is 2. The number of nitrogens with zero attached hydrogens (tertiary/aromatic N) is 4. The number of hydrogen-bond acceptors (Lipinski definition) is 15. The molecule has 0 radical (unpaired) electrons. The van der Waals surface area contributed by atoms with Gasteiger partial charge in [-0.1, -0.05) is 134 Å². The number of rotatable bonds is 21. The second-order valence-electron chi connectivity index (χ2n) is 24.1. The monoisotopic (exact) mass is 1370 g/mol. The summed E-state index contributed by atoms with van der Waals surface area (Å²) < 4.78 is 42.2. The van der Waals surface area contributed by atoms with Gasteiger partial charge in [0.2, 0.25) is 17.9 Å². The standard InChI is InChI=1S/C36H37ClFN5O3.C29H33FN4O2.C7H4ClNO.CH2O3.Na/c1-46-35(25-7-3-2-4-8-25)22-31(43(23-35)34(45)41-28-15-13-27(37)14-16-28)33(44)42-30-21-26(12-17-29(30)38)36(39,19-18-24-10-11-24)32-9-5-6-20-40-32;1-36-28(21-7-3-2-4-8-21)18-25(33-19-28)27(35)34-24-17-22(12-13-23(24)30)29(31,15-14-20-10-11-20)26-9-5-6-16-32-26;8-6-1-3-7(4-2-6)9-5-10;2-1-4-3;/h2-9,12-17,20-21,24,31H,10-11,18-19,22-23,39H2,1H3,(H,41,45)(H,42,44);2-9,12-13,16-17,20,25,33H,10-11,14-15,18-19,31H2,1H3,(H,34,35);1-4H;1,3H;/q;;;;+1/p-1/t31-,35-,36?;25-,28-,29?;;;/m11.../s1. The summed E-state index contributed by atoms with van der Waals surface area (Å²) in [4.78, 5) is 75.8. The molecule has 8 N–H and O–H groups in total. The number of nitrogens with two attached hydrogens (primary N) is 2. The van der Waals surface area contributed by atoms with E-state index in [9.17, 15) is 23.6 Å². The number of methoxy groups -OCH3 is 2. The average molecular weight is 1370 g/mol. The molecule has 2 aliphatic heterocycles. The van der Waals surface area contributed by atoms with Crippen LogP contribution in [0.4, 0.5) is 36.3 Å². The Morgan fingerprint density at radius 3 is 1.58 bits per heavy atom. The number of carbonyl (C=O) groups excluding carboxylic acids is 5. The van der Waals surface area contributed by atoms with Gasteiger partial charge in [-0.25, -0.2) is 18.4 Å². The predicted octanol–water partition coefficient (Wildman–Crippen LogP) is 9.25. The van der Waals surface area contributed by atoms with Gasteiger partial charge < -0.3 is 57.3 Å². The molecule has 2 saturated carbocycles. The van der Waals surface area contributed by atoms with E-state index in [0.29, 0.717) is 70.3 Å². The first kappa shape index (κ1) is 74.7. The number of carbonyl (C=O) groups is 4. The fourth-order valence-corrected chi connectivity index (χ4v) is 12.3. The largest absolute Gasteiger partial charge is 1.00 e. The minimum absolute atomic E-state index is 0. The summed E-state index contributed by atoms with van der Waals surface area (Å²) in [7, 11) is 3.21. The molecule has 4 heterocycles. The van der Waals surface area contributed by atoms with E-state index in [-0.39, 0.29) is 66.3 Å². The van der Waals surface area contributed by atoms with E-state index >= 15 is 4.39 Å². The number of aliphatic imine (C=N–C) groups is 1. The van der Waals surface area contributed by atoms with E-state index in [1.807, 2.05) is 97.1 Å². The molecule has 24 heteroatoms. The van der Waals surface area contributed by atoms with E-state index in [2.05, 4.69) is 41.1 Å². The summed E-state index contributed by atoms with van der Waals surface area (Å²) in [6.45, 7) is 0.404. The normalized spacial score (nSPS) is 19.5. The topological polar surface area (TPSA) is 278 Å². The van der Waals surface area contributed by atoms with Crippen LogP contribution in [0.5, 0.6) is 0 Å². The van der Waals surface area contributed by atoms with Gasteiger partial charge in [0.1, 0.15) is 28.9 Å². The average Bonchev–Trinajstić information content (AvgIpc) is 1.72. The number of isocyanates is 1. The van der Waals surface area contributed by atoms with Crippen molar-refractivity contribution in [3.63, 3.8) is 0 Å². The first-order valence-electron chi connectivity index (χ1n) is 31.3. The molecular formula is C73H75Cl2F2N10NaO9. The van der Waals surface area contributed by atoms with Crippen molar-refractivity contribution < 1.29 is 81.9 Å². The van der Waals surface area contributed by atoms with Crippen LogP contribution in [-0.2, 0) is 55.8 Å². The molecule has 2 unspecified atom stereocenters. The van der Waals surface area contributed by atoms with Crippen LogP contribution in [0.1, 0.15) is 97.8 Å². The van der Waals surface area contributed by atoms with E-state index in [1.165, 1.54) is 48.8 Å². The second-order valence-corrected chi connectivity index (χ2v) is 25.0. The molecule has 6 aromatic carbocycles. The fourth-order valence-electron chi connectivity index (χ4n) is 12.0. The van der Waals surface area contributed by atoms with Crippen LogP contribution in [0.15, 0.2) is 199 Å². The van der Waals surface area contributed by atoms with Crippen LogP contribution < -0.4 is 67.5 Å². The second kappa shape index (κ2) is 34.9. The minimum atomic E-state index is -0.983. The van der Waals surface area contributed by atoms with Crippen molar-refractivity contribution in [2.75, 3.05) is 43.3 Å². The van der Waals surface area contributed by atoms with Gasteiger partial charge in [-0.3, -0.25) is 24.4 Å². The quantitative estimate of drug-likeness (QED) is 0.00977. The molecule has 19 nitrogen and oxygen atoms in total. The Hall–Kier alpha value is -8.12. The molecule has 500 valence electrons. The van der Waals surface area contributed by atoms with Gasteiger partial charge in [0.15, 0.2) is 0 Å². The van der Waals surface area contributed by atoms with Crippen LogP contribution in [0.3, 0.4) is 0 Å². The summed E-state index contributed by atoms with van der Waals surface area (Å²) >= 11 is 11.6. The summed E-state index contributed by atoms with van der Waals surface area (Å²) in [5.41, 5.74) is 16.4. The van der Waals surface area contributed by atoms with E-state index in [4.69, 9.17) is 54.2 Å². The number of hydrogen-bond donors (Lipinski definition) is 6. The number of urea groups is 1. The van der Waals surface area contributed by atoms with Crippen molar-refractivity contribution in [2.24, 2.45) is 28.3 Å². The minimum Gasteiger partial charge on any atom is -0.662 e. The number of ether oxygens (including phenoxy) is 2. The molecule has 2 saturated heterocycles. The smallest absolute Gasteiger partial charge is 0.662 e. The number of halogens is 4. The molecule has 0 bridgehead atoms. The van der Waals surface area contributed by atoms with Crippen molar-refractivity contribution in [2.45, 2.75) is 98.6 Å². The summed E-state index contributed by atoms with van der Waals surface area (Å²) in [6, 6.07) is 51.1. The Balaban J connectivity index is 0.000000208. The summed E-state index contributed by atoms with van der Waals surface area (Å²) in [6.07, 6.45) is 13.5. The third-order valence-corrected chi connectivity index (χ3v) is 18.4. The Morgan fingerprint density at radius 2 is 1.13 bits per heavy atom. The molecule has 4 aliphatic rings. The molecule has 2 aromatic heterocycles. The van der Waals surface area contributed by atoms with E-state index in [0.717, 1.165) is 35.2 Å². The van der Waals surface area contributed by atoms with Gasteiger partial charge in [0.05, 0.1) is 52.1 Å². The Kier molecular flexibility index (Phi) is 26.9. The van der Waals surface area contributed by atoms with Crippen molar-refractivity contribution in [3.05, 3.63) is 250 Å². The first-order chi connectivity index (χ1) is 46.4. The third-order valence-electron chi connectivity index (χ3n) is 17.9. The number of anilines is 3. The summed E-state index contributed by atoms with van der Waals surface area (Å²) in [5.74, 6) is -0.648. The fraction of sp³-hybridized carbons (Fsp3) is 0.301. The maximum Gasteiger partial charge on any atom is 1.00 e. The van der Waals surface area contributed by atoms with Crippen LogP contribution in [-0.4, -0.2) is 84.7 Å². The summed E-state index contributed by atoms with van der Waals surface area (Å²) in [5, 5.41) is 21.3. The Bertz CT molecular complexity index is 3950. The first-order valence-corrected chi connectivity index (χ1v) is 32.1. The van der Waals surface area contributed by atoms with Gasteiger partial charge in [0.25, 0.3) is 6.47 Å². The zero-order valence-corrected chi connectivity index (χ0v) is 57.5. The maximum absolute atomic E-state index is 15.4. The third kappa shape index (κ3) is 19.4. The number of likely N-dealkylation sites (tertiary alicyclic amines) is 1. The molecule has 6 atom stereocenters. The number of benzene rings is 6. The molecule has 8 aromatic rings. The van der Waals surface area contributed by atoms with Crippen LogP contribution in [0.2, 0.25) is 10.0 Å². The molecule has 2 aliphatic carbocycles. The number of nitrogens with one attached hydrogen (secondary N) is 4. The molecule has 4 fully saturated rings. The van der Waals surface area contributed by atoms with Crippen LogP contribution in [0, 0.1) is 23.5 Å². The van der Waals surface area contributed by atoms with Crippen molar-refractivity contribution in [1.29, 1.82) is 0 Å². The van der Waals surface area contributed by atoms with Gasteiger partial charge in [-0.05, 0) is 157 Å². The zero-order chi connectivity index (χ0) is 68.3. The van der Waals surface area contributed by atoms with Gasteiger partial charge in [0, 0.05) is 61.7 Å². The molecule has 4 amide bonds. The number of amides is 4. The number of aromatic nitrogens is 2. The maximum atomic E-state index is 15.4. The van der Waals surface area contributed by atoms with Crippen molar-refractivity contribution in [1.82, 2.24) is 20.2 Å². The van der Waals surface area contributed by atoms with Crippen LogP contribution in [0.25, 0.3) is 0 Å². The van der Waals surface area contributed by atoms with Crippen molar-refractivity contribution >= 4 is 76.3 Å². The zero-order valence-electron chi connectivity index (χ0n) is 54.0. The van der Waals surface area contributed by atoms with E-state index < -0.39 is 57.9 Å². The predicted molar refractivity (Wildman–Crippen MR) is 361 cm³/mol. The molecule has 12 rings (SSSR count). The van der Waals surface area contributed by atoms with Crippen molar-refractivity contribution in [3.8, 4) is 0 Å². The Morgan fingerprint density at radius 1 is 0.670 bits per heavy atom. The van der Waals surface area contributed by atoms with E-state index in [1.54, 1.807) is 99.4 Å². The Labute approximate surface area is 594 Å². The van der Waals surface area contributed by atoms with Crippen LogP contribution >= 0.6 is 23.2 Å². The molecule has 0 spiro atoms. The van der Waals surface area contributed by atoms with Gasteiger partial charge >= 0.3 is 35.6 Å². The van der Waals surface area contributed by atoms with Gasteiger partial charge in [-0.2, -0.15) is 4.99 Å². The SMILES string of the molecule is CO[C@@]1(c2ccccc2)CN[C@@H](C(=O)Nc2cc(C(N)(CCC3CC3)c3ccccn3)ccc2F)C1.CO[C@]1(c2ccccc2)C[C@H](C(=O)Nc2cc(C(N)(CCC3CC3)c3ccccn3)ccc2F)N(C(=O)Nc2ccc(Cl)cc2)C1.O=C=Nc1ccc(Cl)cc1.O=CO[O-].[Na+]. The molecule has 97 heavy (non-hydrogen) atoms. The van der Waals surface area contributed by atoms with Gasteiger partial charge in [-0.15, -0.1) is 0 Å². The molecular weight excluding hydrogens is 1290 g/mol.